The first-order valence-electron chi connectivity index (χ1n) is 4.77. The highest BCUT2D eigenvalue weighted by atomic mass is 79.9. The van der Waals surface area contributed by atoms with Gasteiger partial charge in [-0.2, -0.15) is 0 Å². The highest BCUT2D eigenvalue weighted by molar-refractivity contribution is 9.08. The number of fused-ring (bicyclic) bond motifs is 1. The second-order valence-corrected chi connectivity index (χ2v) is 3.79. The molecule has 0 aromatic heterocycles. The van der Waals surface area contributed by atoms with Crippen LogP contribution in [0.25, 0.3) is 0 Å². The lowest BCUT2D eigenvalue weighted by atomic mass is 10.1. The van der Waals surface area contributed by atoms with Crippen LogP contribution >= 0.6 is 15.9 Å². The van der Waals surface area contributed by atoms with Crippen molar-refractivity contribution in [1.29, 1.82) is 0 Å². The number of halogens is 1. The Labute approximate surface area is 97.3 Å². The van der Waals surface area contributed by atoms with Crippen LogP contribution < -0.4 is 16.2 Å². The van der Waals surface area contributed by atoms with E-state index in [2.05, 4.69) is 43.2 Å². The first kappa shape index (κ1) is 10.4. The van der Waals surface area contributed by atoms with E-state index in [-0.39, 0.29) is 0 Å². The maximum atomic E-state index is 4.50. The predicted octanol–water partition coefficient (Wildman–Crippen LogP) is 1.76. The first-order valence-corrected chi connectivity index (χ1v) is 5.89. The number of nitrogens with one attached hydrogen (secondary N) is 3. The third-order valence-corrected chi connectivity index (χ3v) is 2.83. The maximum absolute atomic E-state index is 4.50. The molecule has 3 N–H and O–H groups in total. The fourth-order valence-electron chi connectivity index (χ4n) is 1.57. The molecule has 0 saturated heterocycles. The fourth-order valence-corrected chi connectivity index (χ4v) is 2.04. The van der Waals surface area contributed by atoms with Gasteiger partial charge < -0.3 is 10.7 Å². The number of anilines is 1. The molecule has 1 aromatic carbocycles. The van der Waals surface area contributed by atoms with E-state index in [1.807, 2.05) is 19.2 Å². The Balaban J connectivity index is 2.34. The van der Waals surface area contributed by atoms with Crippen LogP contribution in [0.1, 0.15) is 5.56 Å². The van der Waals surface area contributed by atoms with Crippen LogP contribution in [0.15, 0.2) is 23.2 Å². The number of alkyl halides is 1. The molecular weight excluding hydrogens is 256 g/mol. The summed E-state index contributed by atoms with van der Waals surface area (Å²) in [5.41, 5.74) is 9.19. The minimum absolute atomic E-state index is 0.720. The van der Waals surface area contributed by atoms with Crippen LogP contribution in [-0.2, 0) is 5.33 Å². The van der Waals surface area contributed by atoms with Crippen molar-refractivity contribution in [1.82, 2.24) is 10.9 Å². The molecule has 0 aliphatic carbocycles. The summed E-state index contributed by atoms with van der Waals surface area (Å²) in [6.45, 7) is 0.720. The first-order chi connectivity index (χ1) is 7.35. The Bertz CT molecular complexity index is 389. The zero-order valence-corrected chi connectivity index (χ0v) is 10.1. The standard InChI is InChI=1S/C10H13BrN4/c1-12-15-9-6-13-10-7(5-11)3-2-4-8(10)14-9/h2-4,12-13H,5-6H2,1H3,(H,14,15). The zero-order valence-electron chi connectivity index (χ0n) is 8.47. The lowest BCUT2D eigenvalue weighted by Gasteiger charge is -2.20. The molecule has 0 spiro atoms. The maximum Gasteiger partial charge on any atom is 0.136 e. The van der Waals surface area contributed by atoms with Gasteiger partial charge in [-0.15, -0.1) is 0 Å². The van der Waals surface area contributed by atoms with Gasteiger partial charge in [-0.1, -0.05) is 28.1 Å². The van der Waals surface area contributed by atoms with E-state index >= 15 is 0 Å². The highest BCUT2D eigenvalue weighted by Crippen LogP contribution is 2.32. The van der Waals surface area contributed by atoms with Crippen LogP contribution in [0.4, 0.5) is 11.4 Å². The second-order valence-electron chi connectivity index (χ2n) is 3.23. The van der Waals surface area contributed by atoms with E-state index in [0.717, 1.165) is 29.1 Å². The summed E-state index contributed by atoms with van der Waals surface area (Å²) in [5, 5.41) is 4.19. The van der Waals surface area contributed by atoms with E-state index in [1.54, 1.807) is 0 Å². The number of rotatable bonds is 2. The summed E-state index contributed by atoms with van der Waals surface area (Å²) in [6, 6.07) is 6.11. The fraction of sp³-hybridized carbons (Fsp3) is 0.300. The van der Waals surface area contributed by atoms with E-state index in [1.165, 1.54) is 5.56 Å². The van der Waals surface area contributed by atoms with E-state index < -0.39 is 0 Å². The van der Waals surface area contributed by atoms with Crippen LogP contribution in [0, 0.1) is 0 Å². The topological polar surface area (TPSA) is 48.5 Å². The van der Waals surface area contributed by atoms with Gasteiger partial charge >= 0.3 is 0 Å². The van der Waals surface area contributed by atoms with Crippen LogP contribution in [0.3, 0.4) is 0 Å². The Morgan fingerprint density at radius 3 is 3.13 bits per heavy atom. The predicted molar refractivity (Wildman–Crippen MR) is 66.9 cm³/mol. The van der Waals surface area contributed by atoms with E-state index in [9.17, 15) is 0 Å². The number of benzene rings is 1. The molecule has 0 atom stereocenters. The van der Waals surface area contributed by atoms with Gasteiger partial charge in [-0.25, -0.2) is 10.4 Å². The molecule has 1 aliphatic rings. The molecule has 1 aliphatic heterocycles. The number of amidine groups is 1. The molecule has 0 amide bonds. The largest absolute Gasteiger partial charge is 0.376 e. The lowest BCUT2D eigenvalue weighted by Crippen LogP contribution is -2.39. The smallest absolute Gasteiger partial charge is 0.136 e. The Kier molecular flexibility index (Phi) is 3.23. The second kappa shape index (κ2) is 4.63. The molecule has 1 aromatic rings. The summed E-state index contributed by atoms with van der Waals surface area (Å²) in [7, 11) is 1.83. The minimum Gasteiger partial charge on any atom is -0.376 e. The van der Waals surface area contributed by atoms with E-state index in [4.69, 9.17) is 0 Å². The molecular formula is C10H13BrN4. The van der Waals surface area contributed by atoms with Crippen molar-refractivity contribution in [2.75, 3.05) is 18.9 Å². The number of nitrogens with zero attached hydrogens (tertiary/aromatic N) is 1. The molecule has 0 radical (unpaired) electrons. The Morgan fingerprint density at radius 2 is 2.40 bits per heavy atom. The van der Waals surface area contributed by atoms with Crippen molar-refractivity contribution in [3.8, 4) is 0 Å². The molecule has 0 saturated carbocycles. The molecule has 15 heavy (non-hydrogen) atoms. The SMILES string of the molecule is CNNC1=Nc2cccc(CBr)c2NC1. The Morgan fingerprint density at radius 1 is 1.53 bits per heavy atom. The van der Waals surface area contributed by atoms with Gasteiger partial charge in [0, 0.05) is 12.4 Å². The average Bonchev–Trinajstić information content (AvgIpc) is 2.28. The molecule has 2 rings (SSSR count). The van der Waals surface area contributed by atoms with Gasteiger partial charge in [0.15, 0.2) is 0 Å². The van der Waals surface area contributed by atoms with Crippen molar-refractivity contribution >= 4 is 33.1 Å². The molecule has 0 fully saturated rings. The quantitative estimate of drug-likeness (QED) is 0.566. The van der Waals surface area contributed by atoms with Crippen molar-refractivity contribution in [3.05, 3.63) is 23.8 Å². The van der Waals surface area contributed by atoms with Crippen molar-refractivity contribution < 1.29 is 0 Å². The minimum atomic E-state index is 0.720. The number of hydrogen-bond donors (Lipinski definition) is 3. The number of para-hydroxylation sites is 1. The molecule has 0 unspecified atom stereocenters. The number of hydrogen-bond acceptors (Lipinski definition) is 4. The third kappa shape index (κ3) is 2.13. The summed E-state index contributed by atoms with van der Waals surface area (Å²) in [4.78, 5) is 4.50. The molecule has 0 bridgehead atoms. The molecule has 4 nitrogen and oxygen atoms in total. The average molecular weight is 269 g/mol. The Hall–Kier alpha value is -1.07. The zero-order chi connectivity index (χ0) is 10.7. The van der Waals surface area contributed by atoms with Gasteiger partial charge in [0.2, 0.25) is 0 Å². The van der Waals surface area contributed by atoms with Gasteiger partial charge in [0.05, 0.1) is 17.9 Å². The van der Waals surface area contributed by atoms with Crippen molar-refractivity contribution in [2.45, 2.75) is 5.33 Å². The molecule has 5 heteroatoms. The van der Waals surface area contributed by atoms with E-state index in [0.29, 0.717) is 0 Å². The van der Waals surface area contributed by atoms with Gasteiger partial charge in [-0.05, 0) is 11.6 Å². The normalized spacial score (nSPS) is 13.9. The van der Waals surface area contributed by atoms with Crippen LogP contribution in [0.2, 0.25) is 0 Å². The molecule has 1 heterocycles. The summed E-state index contributed by atoms with van der Waals surface area (Å²) in [5.74, 6) is 0.900. The van der Waals surface area contributed by atoms with Gasteiger partial charge in [-0.3, -0.25) is 0 Å². The molecule has 80 valence electrons. The third-order valence-electron chi connectivity index (χ3n) is 2.23. The summed E-state index contributed by atoms with van der Waals surface area (Å²) in [6.07, 6.45) is 0. The van der Waals surface area contributed by atoms with Crippen LogP contribution in [-0.4, -0.2) is 19.4 Å². The summed E-state index contributed by atoms with van der Waals surface area (Å²) < 4.78 is 0. The van der Waals surface area contributed by atoms with Crippen molar-refractivity contribution in [2.24, 2.45) is 4.99 Å². The number of hydrazine groups is 1. The monoisotopic (exact) mass is 268 g/mol. The number of aliphatic imine (C=N–C) groups is 1. The van der Waals surface area contributed by atoms with Crippen molar-refractivity contribution in [3.63, 3.8) is 0 Å². The summed E-state index contributed by atoms with van der Waals surface area (Å²) >= 11 is 3.47. The van der Waals surface area contributed by atoms with Gasteiger partial charge in [0.25, 0.3) is 0 Å². The highest BCUT2D eigenvalue weighted by Gasteiger charge is 2.13. The van der Waals surface area contributed by atoms with Gasteiger partial charge in [0.1, 0.15) is 5.84 Å². The van der Waals surface area contributed by atoms with Crippen LogP contribution in [0.5, 0.6) is 0 Å². The lowest BCUT2D eigenvalue weighted by molar-refractivity contribution is 0.759.